The van der Waals surface area contributed by atoms with Gasteiger partial charge >= 0.3 is 0 Å². The Balaban J connectivity index is 1.26. The minimum absolute atomic E-state index is 0.423. The summed E-state index contributed by atoms with van der Waals surface area (Å²) in [5.74, 6) is 5.05. The molecule has 0 bridgehead atoms. The summed E-state index contributed by atoms with van der Waals surface area (Å²) in [4.78, 5) is 5.04. The number of ether oxygens (including phenoxy) is 2. The average molecular weight is 541 g/mol. The maximum Gasteiger partial charge on any atom is 0.141 e. The van der Waals surface area contributed by atoms with Gasteiger partial charge in [0.05, 0.1) is 18.1 Å². The maximum atomic E-state index is 6.26. The van der Waals surface area contributed by atoms with Crippen LogP contribution >= 0.6 is 23.4 Å². The lowest BCUT2D eigenvalue weighted by molar-refractivity contribution is 0.306. The van der Waals surface area contributed by atoms with Crippen molar-refractivity contribution in [2.45, 2.75) is 25.5 Å². The van der Waals surface area contributed by atoms with E-state index in [1.807, 2.05) is 60.3 Å². The van der Waals surface area contributed by atoms with E-state index in [-0.39, 0.29) is 0 Å². The SMILES string of the molecule is COc1ccc(-c2ccc(Cl)cc2)c(COc2ccc(-c3nc4ccccc4n3C3CCSCC3)cc2)c1. The number of benzene rings is 4. The van der Waals surface area contributed by atoms with Gasteiger partial charge in [-0.25, -0.2) is 4.98 Å². The van der Waals surface area contributed by atoms with E-state index in [9.17, 15) is 0 Å². The highest BCUT2D eigenvalue weighted by Gasteiger charge is 2.22. The fourth-order valence-electron chi connectivity index (χ4n) is 5.15. The molecular weight excluding hydrogens is 512 g/mol. The van der Waals surface area contributed by atoms with Crippen molar-refractivity contribution in [1.29, 1.82) is 0 Å². The van der Waals surface area contributed by atoms with Crippen LogP contribution in [0, 0.1) is 0 Å². The fraction of sp³-hybridized carbons (Fsp3) is 0.219. The van der Waals surface area contributed by atoms with Crippen LogP contribution in [-0.4, -0.2) is 28.2 Å². The Labute approximate surface area is 232 Å². The molecule has 0 aliphatic carbocycles. The largest absolute Gasteiger partial charge is 0.497 e. The Hall–Kier alpha value is -3.41. The molecule has 0 unspecified atom stereocenters. The third kappa shape index (κ3) is 5.13. The molecule has 1 aliphatic heterocycles. The standard InChI is InChI=1S/C32H29ClN2O2S/c1-36-28-14-15-29(22-6-10-25(33)11-7-22)24(20-28)21-37-27-12-8-23(9-13-27)32-34-30-4-2-3-5-31(30)35(32)26-16-18-38-19-17-26/h2-15,20,26H,16-19,21H2,1H3. The molecule has 0 radical (unpaired) electrons. The summed E-state index contributed by atoms with van der Waals surface area (Å²) < 4.78 is 14.2. The Kier molecular flexibility index (Phi) is 7.30. The van der Waals surface area contributed by atoms with Gasteiger partial charge in [0.25, 0.3) is 0 Å². The molecule has 6 rings (SSSR count). The van der Waals surface area contributed by atoms with Crippen LogP contribution in [0.25, 0.3) is 33.5 Å². The first-order chi connectivity index (χ1) is 18.7. The van der Waals surface area contributed by atoms with Crippen LogP contribution in [0.4, 0.5) is 0 Å². The number of halogens is 1. The molecule has 4 aromatic carbocycles. The zero-order chi connectivity index (χ0) is 25.9. The number of methoxy groups -OCH3 is 1. The molecule has 0 saturated carbocycles. The number of nitrogens with zero attached hydrogens (tertiary/aromatic N) is 2. The van der Waals surface area contributed by atoms with Gasteiger partial charge in [0.15, 0.2) is 0 Å². The highest BCUT2D eigenvalue weighted by atomic mass is 35.5. The van der Waals surface area contributed by atoms with Gasteiger partial charge in [0.2, 0.25) is 0 Å². The third-order valence-electron chi connectivity index (χ3n) is 7.13. The summed E-state index contributed by atoms with van der Waals surface area (Å²) in [6.07, 6.45) is 2.35. The van der Waals surface area contributed by atoms with Gasteiger partial charge in [0, 0.05) is 22.2 Å². The van der Waals surface area contributed by atoms with Gasteiger partial charge < -0.3 is 14.0 Å². The number of thioether (sulfide) groups is 1. The van der Waals surface area contributed by atoms with Crippen molar-refractivity contribution in [3.63, 3.8) is 0 Å². The van der Waals surface area contributed by atoms with Crippen LogP contribution in [0.5, 0.6) is 11.5 Å². The summed E-state index contributed by atoms with van der Waals surface area (Å²) in [6, 6.07) is 31.2. The number of hydrogen-bond donors (Lipinski definition) is 0. The average Bonchev–Trinajstić information content (AvgIpc) is 3.37. The molecule has 1 aliphatic rings. The predicted octanol–water partition coefficient (Wildman–Crippen LogP) is 8.68. The van der Waals surface area contributed by atoms with E-state index in [0.717, 1.165) is 50.1 Å². The van der Waals surface area contributed by atoms with Gasteiger partial charge in [-0.2, -0.15) is 11.8 Å². The van der Waals surface area contributed by atoms with Crippen molar-refractivity contribution in [3.05, 3.63) is 102 Å². The minimum Gasteiger partial charge on any atom is -0.497 e. The first kappa shape index (κ1) is 24.9. The molecular formula is C32H29ClN2O2S. The third-order valence-corrected chi connectivity index (χ3v) is 8.43. The Morgan fingerprint density at radius 2 is 1.58 bits per heavy atom. The highest BCUT2D eigenvalue weighted by molar-refractivity contribution is 7.99. The van der Waals surface area contributed by atoms with E-state index in [4.69, 9.17) is 26.1 Å². The van der Waals surface area contributed by atoms with E-state index >= 15 is 0 Å². The number of fused-ring (bicyclic) bond motifs is 1. The number of para-hydroxylation sites is 2. The first-order valence-corrected chi connectivity index (χ1v) is 14.4. The zero-order valence-electron chi connectivity index (χ0n) is 21.3. The van der Waals surface area contributed by atoms with Gasteiger partial charge in [-0.05, 0) is 96.1 Å². The molecule has 1 aromatic heterocycles. The molecule has 1 saturated heterocycles. The van der Waals surface area contributed by atoms with Crippen molar-refractivity contribution in [2.24, 2.45) is 0 Å². The Bertz CT molecular complexity index is 1540. The smallest absolute Gasteiger partial charge is 0.141 e. The molecule has 0 amide bonds. The normalized spacial score (nSPS) is 14.1. The molecule has 0 atom stereocenters. The highest BCUT2D eigenvalue weighted by Crippen LogP contribution is 2.36. The quantitative estimate of drug-likeness (QED) is 0.207. The van der Waals surface area contributed by atoms with Crippen molar-refractivity contribution in [2.75, 3.05) is 18.6 Å². The number of imidazole rings is 1. The monoisotopic (exact) mass is 540 g/mol. The van der Waals surface area contributed by atoms with E-state index in [0.29, 0.717) is 12.6 Å². The van der Waals surface area contributed by atoms with E-state index in [1.54, 1.807) is 7.11 Å². The summed E-state index contributed by atoms with van der Waals surface area (Å²) >= 11 is 8.16. The van der Waals surface area contributed by atoms with Crippen molar-refractivity contribution in [3.8, 4) is 34.0 Å². The second kappa shape index (κ2) is 11.1. The molecule has 4 nitrogen and oxygen atoms in total. The van der Waals surface area contributed by atoms with Crippen LogP contribution in [0.15, 0.2) is 91.0 Å². The summed E-state index contributed by atoms with van der Waals surface area (Å²) in [7, 11) is 1.68. The van der Waals surface area contributed by atoms with E-state index in [1.165, 1.54) is 29.9 Å². The lowest BCUT2D eigenvalue weighted by Gasteiger charge is -2.25. The van der Waals surface area contributed by atoms with Crippen molar-refractivity contribution in [1.82, 2.24) is 9.55 Å². The Morgan fingerprint density at radius 3 is 2.34 bits per heavy atom. The Morgan fingerprint density at radius 1 is 0.868 bits per heavy atom. The molecule has 192 valence electrons. The summed E-state index contributed by atoms with van der Waals surface area (Å²) in [6.45, 7) is 0.423. The van der Waals surface area contributed by atoms with Crippen molar-refractivity contribution >= 4 is 34.4 Å². The van der Waals surface area contributed by atoms with Crippen LogP contribution in [0.3, 0.4) is 0 Å². The molecule has 6 heteroatoms. The van der Waals surface area contributed by atoms with Crippen LogP contribution < -0.4 is 9.47 Å². The number of rotatable bonds is 7. The van der Waals surface area contributed by atoms with E-state index < -0.39 is 0 Å². The van der Waals surface area contributed by atoms with Crippen LogP contribution in [0.1, 0.15) is 24.4 Å². The van der Waals surface area contributed by atoms with E-state index in [2.05, 4.69) is 47.0 Å². The molecule has 0 spiro atoms. The van der Waals surface area contributed by atoms with Crippen LogP contribution in [0.2, 0.25) is 5.02 Å². The van der Waals surface area contributed by atoms with Crippen LogP contribution in [-0.2, 0) is 6.61 Å². The topological polar surface area (TPSA) is 36.3 Å². The lowest BCUT2D eigenvalue weighted by atomic mass is 10.00. The molecule has 2 heterocycles. The molecule has 5 aromatic rings. The minimum atomic E-state index is 0.423. The number of hydrogen-bond acceptors (Lipinski definition) is 4. The van der Waals surface area contributed by atoms with Gasteiger partial charge in [0.1, 0.15) is 23.9 Å². The second-order valence-electron chi connectivity index (χ2n) is 9.48. The summed E-state index contributed by atoms with van der Waals surface area (Å²) in [5.41, 5.74) is 6.61. The summed E-state index contributed by atoms with van der Waals surface area (Å²) in [5, 5.41) is 0.719. The zero-order valence-corrected chi connectivity index (χ0v) is 22.8. The molecule has 0 N–H and O–H groups in total. The maximum absolute atomic E-state index is 6.26. The first-order valence-electron chi connectivity index (χ1n) is 12.9. The van der Waals surface area contributed by atoms with Gasteiger partial charge in [-0.15, -0.1) is 0 Å². The molecule has 38 heavy (non-hydrogen) atoms. The fourth-order valence-corrected chi connectivity index (χ4v) is 6.36. The van der Waals surface area contributed by atoms with Crippen molar-refractivity contribution < 1.29 is 9.47 Å². The lowest BCUT2D eigenvalue weighted by Crippen LogP contribution is -2.16. The molecule has 1 fully saturated rings. The van der Waals surface area contributed by atoms with Gasteiger partial charge in [-0.3, -0.25) is 0 Å². The second-order valence-corrected chi connectivity index (χ2v) is 11.1. The number of aromatic nitrogens is 2. The van der Waals surface area contributed by atoms with Gasteiger partial charge in [-0.1, -0.05) is 41.9 Å². The predicted molar refractivity (Wildman–Crippen MR) is 159 cm³/mol.